The molecule has 0 saturated carbocycles. The second-order valence-electron chi connectivity index (χ2n) is 6.11. The Labute approximate surface area is 154 Å². The number of anilines is 1. The van der Waals surface area contributed by atoms with Gasteiger partial charge in [-0.25, -0.2) is 9.37 Å². The van der Waals surface area contributed by atoms with E-state index in [-0.39, 0.29) is 18.4 Å². The maximum atomic E-state index is 13.9. The van der Waals surface area contributed by atoms with Crippen LogP contribution in [0.15, 0.2) is 61.1 Å². The second-order valence-corrected chi connectivity index (χ2v) is 6.11. The molecule has 0 unspecified atom stereocenters. The van der Waals surface area contributed by atoms with Crippen molar-refractivity contribution in [1.29, 1.82) is 0 Å². The summed E-state index contributed by atoms with van der Waals surface area (Å²) in [7, 11) is 0. The molecule has 6 nitrogen and oxygen atoms in total. The molecule has 7 heteroatoms. The van der Waals surface area contributed by atoms with Crippen LogP contribution < -0.4 is 10.2 Å². The van der Waals surface area contributed by atoms with E-state index in [1.54, 1.807) is 42.7 Å². The van der Waals surface area contributed by atoms with Gasteiger partial charge in [-0.1, -0.05) is 12.1 Å². The number of rotatable bonds is 4. The van der Waals surface area contributed by atoms with E-state index < -0.39 is 5.82 Å². The molecular weight excluding hydrogens is 347 g/mol. The molecule has 0 atom stereocenters. The van der Waals surface area contributed by atoms with Crippen molar-refractivity contribution in [2.24, 2.45) is 0 Å². The molecule has 27 heavy (non-hydrogen) atoms. The molecule has 1 aromatic carbocycles. The molecule has 1 aliphatic heterocycles. The van der Waals surface area contributed by atoms with E-state index in [9.17, 15) is 14.0 Å². The van der Waals surface area contributed by atoms with E-state index in [4.69, 9.17) is 0 Å². The number of fused-ring (bicyclic) bond motifs is 1. The van der Waals surface area contributed by atoms with Crippen molar-refractivity contribution in [3.63, 3.8) is 0 Å². The van der Waals surface area contributed by atoms with E-state index in [1.165, 1.54) is 23.2 Å². The maximum absolute atomic E-state index is 13.9. The highest BCUT2D eigenvalue weighted by Gasteiger charge is 2.31. The summed E-state index contributed by atoms with van der Waals surface area (Å²) in [5.74, 6) is -0.446. The first-order valence-corrected chi connectivity index (χ1v) is 8.36. The van der Waals surface area contributed by atoms with Crippen molar-refractivity contribution < 1.29 is 14.0 Å². The lowest BCUT2D eigenvalue weighted by Gasteiger charge is -2.15. The standard InChI is InChI=1S/C20H15FN4O2/c21-17-5-1-4-15-16(17)12-25(20(15)27)18-7-6-13(9-23-18)10-24-19(26)14-3-2-8-22-11-14/h1-9,11H,10,12H2,(H,24,26). The fourth-order valence-corrected chi connectivity index (χ4v) is 2.94. The fraction of sp³-hybridized carbons (Fsp3) is 0.100. The van der Waals surface area contributed by atoms with Gasteiger partial charge in [0.1, 0.15) is 11.6 Å². The van der Waals surface area contributed by atoms with Crippen molar-refractivity contribution in [3.8, 4) is 0 Å². The van der Waals surface area contributed by atoms with Crippen LogP contribution in [0.2, 0.25) is 0 Å². The summed E-state index contributed by atoms with van der Waals surface area (Å²) >= 11 is 0. The number of nitrogens with one attached hydrogen (secondary N) is 1. The normalized spacial score (nSPS) is 12.8. The van der Waals surface area contributed by atoms with E-state index in [2.05, 4.69) is 15.3 Å². The van der Waals surface area contributed by atoms with Crippen molar-refractivity contribution >= 4 is 17.6 Å². The number of carbonyl (C=O) groups excluding carboxylic acids is 2. The van der Waals surface area contributed by atoms with Crippen LogP contribution in [0.5, 0.6) is 0 Å². The minimum absolute atomic E-state index is 0.158. The van der Waals surface area contributed by atoms with Crippen LogP contribution in [-0.4, -0.2) is 21.8 Å². The highest BCUT2D eigenvalue weighted by molar-refractivity contribution is 6.09. The highest BCUT2D eigenvalue weighted by atomic mass is 19.1. The average Bonchev–Trinajstić information content (AvgIpc) is 3.05. The summed E-state index contributed by atoms with van der Waals surface area (Å²) in [6, 6.07) is 11.3. The SMILES string of the molecule is O=C(NCc1ccc(N2Cc3c(F)cccc3C2=O)nc1)c1cccnc1. The molecule has 3 aromatic rings. The van der Waals surface area contributed by atoms with E-state index in [0.29, 0.717) is 29.1 Å². The fourth-order valence-electron chi connectivity index (χ4n) is 2.94. The quantitative estimate of drug-likeness (QED) is 0.774. The first-order chi connectivity index (χ1) is 13.1. The zero-order valence-electron chi connectivity index (χ0n) is 14.2. The molecule has 1 aliphatic rings. The number of carbonyl (C=O) groups is 2. The molecule has 3 heterocycles. The number of hydrogen-bond acceptors (Lipinski definition) is 4. The van der Waals surface area contributed by atoms with E-state index >= 15 is 0 Å². The van der Waals surface area contributed by atoms with Gasteiger partial charge in [0.05, 0.1) is 12.1 Å². The Balaban J connectivity index is 1.43. The lowest BCUT2D eigenvalue weighted by molar-refractivity contribution is 0.0949. The first kappa shape index (κ1) is 16.8. The molecule has 2 amide bonds. The molecule has 0 radical (unpaired) electrons. The third-order valence-corrected chi connectivity index (χ3v) is 4.37. The Bertz CT molecular complexity index is 1010. The number of benzene rings is 1. The summed E-state index contributed by atoms with van der Waals surface area (Å²) in [6.45, 7) is 0.453. The summed E-state index contributed by atoms with van der Waals surface area (Å²) in [4.78, 5) is 34.1. The number of pyridine rings is 2. The number of halogens is 1. The van der Waals surface area contributed by atoms with Crippen LogP contribution in [0.4, 0.5) is 10.2 Å². The predicted molar refractivity (Wildman–Crippen MR) is 96.6 cm³/mol. The number of nitrogens with zero attached hydrogens (tertiary/aromatic N) is 3. The molecule has 134 valence electrons. The molecule has 0 aliphatic carbocycles. The third kappa shape index (κ3) is 3.27. The predicted octanol–water partition coefficient (Wildman–Crippen LogP) is 2.71. The molecule has 4 rings (SSSR count). The minimum Gasteiger partial charge on any atom is -0.348 e. The van der Waals surface area contributed by atoms with Gasteiger partial charge in [0.25, 0.3) is 11.8 Å². The molecule has 0 bridgehead atoms. The number of hydrogen-bond donors (Lipinski definition) is 1. The van der Waals surface area contributed by atoms with Gasteiger partial charge in [0.2, 0.25) is 0 Å². The zero-order chi connectivity index (χ0) is 18.8. The van der Waals surface area contributed by atoms with Gasteiger partial charge >= 0.3 is 0 Å². The van der Waals surface area contributed by atoms with Gasteiger partial charge in [0, 0.05) is 36.3 Å². The van der Waals surface area contributed by atoms with Crippen molar-refractivity contribution in [2.75, 3.05) is 4.90 Å². The second kappa shape index (κ2) is 6.95. The smallest absolute Gasteiger partial charge is 0.260 e. The van der Waals surface area contributed by atoms with Crippen LogP contribution in [-0.2, 0) is 13.1 Å². The third-order valence-electron chi connectivity index (χ3n) is 4.37. The van der Waals surface area contributed by atoms with Crippen LogP contribution in [0, 0.1) is 5.82 Å². The highest BCUT2D eigenvalue weighted by Crippen LogP contribution is 2.28. The maximum Gasteiger partial charge on any atom is 0.260 e. The van der Waals surface area contributed by atoms with Gasteiger partial charge in [-0.2, -0.15) is 0 Å². The lowest BCUT2D eigenvalue weighted by Crippen LogP contribution is -2.25. The molecule has 0 spiro atoms. The molecular formula is C20H15FN4O2. The topological polar surface area (TPSA) is 75.2 Å². The van der Waals surface area contributed by atoms with E-state index in [1.807, 2.05) is 0 Å². The Morgan fingerprint density at radius 3 is 2.74 bits per heavy atom. The Morgan fingerprint density at radius 2 is 2.04 bits per heavy atom. The zero-order valence-corrected chi connectivity index (χ0v) is 14.2. The summed E-state index contributed by atoms with van der Waals surface area (Å²) < 4.78 is 13.9. The molecule has 0 fully saturated rings. The molecule has 1 N–H and O–H groups in total. The van der Waals surface area contributed by atoms with Gasteiger partial charge in [-0.3, -0.25) is 19.5 Å². The summed E-state index contributed by atoms with van der Waals surface area (Å²) in [5, 5.41) is 2.79. The summed E-state index contributed by atoms with van der Waals surface area (Å²) in [6.07, 6.45) is 4.68. The first-order valence-electron chi connectivity index (χ1n) is 8.36. The van der Waals surface area contributed by atoms with Crippen LogP contribution >= 0.6 is 0 Å². The van der Waals surface area contributed by atoms with Gasteiger partial charge in [0.15, 0.2) is 0 Å². The Kier molecular flexibility index (Phi) is 4.33. The lowest BCUT2D eigenvalue weighted by atomic mass is 10.1. The largest absolute Gasteiger partial charge is 0.348 e. The van der Waals surface area contributed by atoms with Crippen LogP contribution in [0.1, 0.15) is 31.8 Å². The van der Waals surface area contributed by atoms with Crippen molar-refractivity contribution in [1.82, 2.24) is 15.3 Å². The van der Waals surface area contributed by atoms with Gasteiger partial charge in [-0.05, 0) is 35.9 Å². The number of aromatic nitrogens is 2. The summed E-state index contributed by atoms with van der Waals surface area (Å²) in [5.41, 5.74) is 2.01. The van der Waals surface area contributed by atoms with E-state index in [0.717, 1.165) is 5.56 Å². The van der Waals surface area contributed by atoms with Crippen molar-refractivity contribution in [3.05, 3.63) is 89.1 Å². The average molecular weight is 362 g/mol. The monoisotopic (exact) mass is 362 g/mol. The minimum atomic E-state index is -0.391. The van der Waals surface area contributed by atoms with Crippen LogP contribution in [0.25, 0.3) is 0 Å². The van der Waals surface area contributed by atoms with Crippen molar-refractivity contribution in [2.45, 2.75) is 13.1 Å². The Morgan fingerprint density at radius 1 is 1.15 bits per heavy atom. The molecule has 2 aromatic heterocycles. The Hall–Kier alpha value is -3.61. The van der Waals surface area contributed by atoms with Gasteiger partial charge in [-0.15, -0.1) is 0 Å². The van der Waals surface area contributed by atoms with Gasteiger partial charge < -0.3 is 5.32 Å². The van der Waals surface area contributed by atoms with Crippen LogP contribution in [0.3, 0.4) is 0 Å². The number of amides is 2. The molecule has 0 saturated heterocycles.